The number of carbonyl (C=O) groups is 3. The number of rotatable bonds is 2. The summed E-state index contributed by atoms with van der Waals surface area (Å²) in [7, 11) is 0. The second-order valence-electron chi connectivity index (χ2n) is 10.0. The maximum Gasteiger partial charge on any atom is 0.319 e. The summed E-state index contributed by atoms with van der Waals surface area (Å²) in [6.45, 7) is 1.94. The molecular formula is C32H23NO4. The Kier molecular flexibility index (Phi) is 4.70. The van der Waals surface area contributed by atoms with Crippen molar-refractivity contribution in [3.05, 3.63) is 114 Å². The highest BCUT2D eigenvalue weighted by Gasteiger charge is 2.60. The predicted molar refractivity (Wildman–Crippen MR) is 141 cm³/mol. The molecule has 1 aliphatic carbocycles. The summed E-state index contributed by atoms with van der Waals surface area (Å²) in [5.74, 6) is -3.35. The van der Waals surface area contributed by atoms with Crippen LogP contribution in [0.5, 0.6) is 5.75 Å². The van der Waals surface area contributed by atoms with E-state index in [4.69, 9.17) is 4.74 Å². The topological polar surface area (TPSA) is 63.7 Å². The predicted octanol–water partition coefficient (Wildman–Crippen LogP) is 5.67. The molecule has 2 amide bonds. The number of benzene rings is 4. The van der Waals surface area contributed by atoms with Gasteiger partial charge in [0.1, 0.15) is 5.75 Å². The van der Waals surface area contributed by atoms with E-state index in [0.717, 1.165) is 33.0 Å². The van der Waals surface area contributed by atoms with E-state index in [1.807, 2.05) is 97.9 Å². The number of anilines is 1. The largest absolute Gasteiger partial charge is 0.425 e. The Morgan fingerprint density at radius 3 is 2.32 bits per heavy atom. The molecule has 2 heterocycles. The lowest BCUT2D eigenvalue weighted by atomic mass is 9.64. The Balaban J connectivity index is 1.44. The molecule has 0 spiro atoms. The number of carbonyl (C=O) groups excluding carboxylic acids is 3. The van der Waals surface area contributed by atoms with Gasteiger partial charge in [-0.1, -0.05) is 84.9 Å². The van der Waals surface area contributed by atoms with Crippen molar-refractivity contribution < 1.29 is 19.1 Å². The molecule has 5 nitrogen and oxygen atoms in total. The van der Waals surface area contributed by atoms with Crippen molar-refractivity contribution in [2.24, 2.45) is 17.8 Å². The first-order chi connectivity index (χ1) is 18.0. The number of allylic oxidation sites excluding steroid dienone is 1. The van der Waals surface area contributed by atoms with Crippen LogP contribution >= 0.6 is 0 Å². The van der Waals surface area contributed by atoms with E-state index in [1.54, 1.807) is 6.07 Å². The SMILES string of the molecule is Cc1ccc2c(c1)OC(=O)[C@@H]1C2=C[C@H](c2ccccc2)[C@@H]2C(=O)N(c3cccc4ccccc34)C(=O)[C@@H]12. The Morgan fingerprint density at radius 1 is 0.757 bits per heavy atom. The van der Waals surface area contributed by atoms with E-state index < -0.39 is 23.7 Å². The van der Waals surface area contributed by atoms with Crippen LogP contribution in [-0.4, -0.2) is 17.8 Å². The summed E-state index contributed by atoms with van der Waals surface area (Å²) >= 11 is 0. The van der Waals surface area contributed by atoms with Crippen LogP contribution in [0.25, 0.3) is 16.3 Å². The molecule has 4 aromatic carbocycles. The van der Waals surface area contributed by atoms with Crippen LogP contribution in [0.3, 0.4) is 0 Å². The van der Waals surface area contributed by atoms with Crippen LogP contribution in [0, 0.1) is 24.7 Å². The van der Waals surface area contributed by atoms with Crippen LogP contribution in [0.15, 0.2) is 97.1 Å². The fourth-order valence-electron chi connectivity index (χ4n) is 6.31. The molecule has 180 valence electrons. The third-order valence-electron chi connectivity index (χ3n) is 7.94. The lowest BCUT2D eigenvalue weighted by Crippen LogP contribution is -2.42. The van der Waals surface area contributed by atoms with Crippen molar-refractivity contribution in [2.75, 3.05) is 4.90 Å². The van der Waals surface area contributed by atoms with Gasteiger partial charge in [-0.3, -0.25) is 14.4 Å². The van der Waals surface area contributed by atoms with E-state index in [2.05, 4.69) is 0 Å². The van der Waals surface area contributed by atoms with Gasteiger partial charge in [0, 0.05) is 16.9 Å². The van der Waals surface area contributed by atoms with Crippen molar-refractivity contribution in [1.82, 2.24) is 0 Å². The number of fused-ring (bicyclic) bond motifs is 6. The van der Waals surface area contributed by atoms with Gasteiger partial charge in [0.2, 0.25) is 11.8 Å². The maximum atomic E-state index is 14.2. The van der Waals surface area contributed by atoms with E-state index in [-0.39, 0.29) is 17.7 Å². The Morgan fingerprint density at radius 2 is 1.49 bits per heavy atom. The fraction of sp³-hybridized carbons (Fsp3) is 0.156. The zero-order valence-electron chi connectivity index (χ0n) is 20.1. The number of nitrogens with zero attached hydrogens (tertiary/aromatic N) is 1. The van der Waals surface area contributed by atoms with Gasteiger partial charge < -0.3 is 4.74 Å². The molecule has 0 unspecified atom stereocenters. The molecule has 1 saturated heterocycles. The summed E-state index contributed by atoms with van der Waals surface area (Å²) in [6.07, 6.45) is 2.02. The second-order valence-corrected chi connectivity index (χ2v) is 10.0. The minimum Gasteiger partial charge on any atom is -0.425 e. The van der Waals surface area contributed by atoms with Gasteiger partial charge in [-0.05, 0) is 41.1 Å². The molecule has 0 aromatic heterocycles. The molecule has 37 heavy (non-hydrogen) atoms. The quantitative estimate of drug-likeness (QED) is 0.209. The molecule has 0 radical (unpaired) electrons. The number of amides is 2. The summed E-state index contributed by atoms with van der Waals surface area (Å²) in [4.78, 5) is 43.1. The van der Waals surface area contributed by atoms with Gasteiger partial charge in [-0.25, -0.2) is 4.90 Å². The highest BCUT2D eigenvalue weighted by molar-refractivity contribution is 6.27. The van der Waals surface area contributed by atoms with Crippen molar-refractivity contribution >= 4 is 39.8 Å². The second kappa shape index (κ2) is 8.00. The van der Waals surface area contributed by atoms with Crippen LogP contribution in [-0.2, 0) is 14.4 Å². The maximum absolute atomic E-state index is 14.2. The summed E-state index contributed by atoms with van der Waals surface area (Å²) < 4.78 is 5.76. The molecule has 5 heteroatoms. The van der Waals surface area contributed by atoms with Gasteiger partial charge in [0.05, 0.1) is 23.4 Å². The molecule has 7 rings (SSSR count). The van der Waals surface area contributed by atoms with Crippen molar-refractivity contribution in [3.63, 3.8) is 0 Å². The molecule has 4 aromatic rings. The van der Waals surface area contributed by atoms with Crippen molar-refractivity contribution in [3.8, 4) is 5.75 Å². The van der Waals surface area contributed by atoms with Crippen LogP contribution in [0.1, 0.15) is 22.6 Å². The molecule has 0 N–H and O–H groups in total. The lowest BCUT2D eigenvalue weighted by Gasteiger charge is -2.38. The van der Waals surface area contributed by atoms with Gasteiger partial charge in [-0.15, -0.1) is 0 Å². The standard InChI is InChI=1S/C32H23NO4/c1-18-14-15-22-24-17-23(20-8-3-2-4-9-20)27-29(28(24)32(36)37-26(22)16-18)31(35)33(30(27)34)25-13-7-11-19-10-5-6-12-21(19)25/h2-17,23,27-29H,1H3/t23-,27+,28-,29-/m1/s1. The number of aryl methyl sites for hydroxylation is 1. The summed E-state index contributed by atoms with van der Waals surface area (Å²) in [5.41, 5.74) is 4.04. The Bertz CT molecular complexity index is 1650. The Hall–Kier alpha value is -4.51. The average molecular weight is 486 g/mol. The van der Waals surface area contributed by atoms with Gasteiger partial charge in [-0.2, -0.15) is 0 Å². The fourth-order valence-corrected chi connectivity index (χ4v) is 6.31. The molecule has 3 aliphatic rings. The lowest BCUT2D eigenvalue weighted by molar-refractivity contribution is -0.142. The van der Waals surface area contributed by atoms with Gasteiger partial charge in [0.25, 0.3) is 0 Å². The summed E-state index contributed by atoms with van der Waals surface area (Å²) in [5, 5.41) is 1.76. The third kappa shape index (κ3) is 3.13. The number of hydrogen-bond donors (Lipinski definition) is 0. The van der Waals surface area contributed by atoms with Crippen molar-refractivity contribution in [2.45, 2.75) is 12.8 Å². The first-order valence-corrected chi connectivity index (χ1v) is 12.5. The molecule has 0 saturated carbocycles. The zero-order chi connectivity index (χ0) is 25.3. The molecule has 1 fully saturated rings. The normalized spacial score (nSPS) is 24.3. The average Bonchev–Trinajstić information content (AvgIpc) is 3.18. The molecule has 0 bridgehead atoms. The monoisotopic (exact) mass is 485 g/mol. The minimum absolute atomic E-state index is 0.280. The number of ether oxygens (including phenoxy) is 1. The summed E-state index contributed by atoms with van der Waals surface area (Å²) in [6, 6.07) is 28.8. The van der Waals surface area contributed by atoms with Gasteiger partial charge in [0.15, 0.2) is 0 Å². The third-order valence-corrected chi connectivity index (χ3v) is 7.94. The number of imide groups is 1. The molecule has 4 atom stereocenters. The number of hydrogen-bond acceptors (Lipinski definition) is 4. The van der Waals surface area contributed by atoms with E-state index in [1.165, 1.54) is 4.90 Å². The first-order valence-electron chi connectivity index (χ1n) is 12.5. The Labute approximate surface area is 214 Å². The molecular weight excluding hydrogens is 462 g/mol. The first kappa shape index (κ1) is 21.7. The van der Waals surface area contributed by atoms with Crippen LogP contribution in [0.2, 0.25) is 0 Å². The van der Waals surface area contributed by atoms with Crippen molar-refractivity contribution in [1.29, 1.82) is 0 Å². The minimum atomic E-state index is -0.848. The smallest absolute Gasteiger partial charge is 0.319 e. The van der Waals surface area contributed by atoms with E-state index in [9.17, 15) is 14.4 Å². The highest BCUT2D eigenvalue weighted by atomic mass is 16.5. The zero-order valence-corrected chi connectivity index (χ0v) is 20.1. The van der Waals surface area contributed by atoms with Crippen LogP contribution in [0.4, 0.5) is 5.69 Å². The molecule has 2 aliphatic heterocycles. The van der Waals surface area contributed by atoms with E-state index in [0.29, 0.717) is 11.4 Å². The number of esters is 1. The van der Waals surface area contributed by atoms with Gasteiger partial charge >= 0.3 is 5.97 Å². The van der Waals surface area contributed by atoms with E-state index >= 15 is 0 Å². The van der Waals surface area contributed by atoms with Crippen LogP contribution < -0.4 is 9.64 Å². The highest BCUT2D eigenvalue weighted by Crippen LogP contribution is 2.55.